The number of hydrogen-bond acceptors (Lipinski definition) is 2. The van der Waals surface area contributed by atoms with Crippen LogP contribution < -0.4 is 5.32 Å². The first-order valence-corrected chi connectivity index (χ1v) is 5.91. The lowest BCUT2D eigenvalue weighted by Crippen LogP contribution is -2.47. The van der Waals surface area contributed by atoms with Crippen molar-refractivity contribution in [2.75, 3.05) is 6.61 Å². The Bertz CT molecular complexity index is 545. The van der Waals surface area contributed by atoms with Crippen LogP contribution in [0.5, 0.6) is 0 Å². The van der Waals surface area contributed by atoms with Crippen molar-refractivity contribution in [3.8, 4) is 0 Å². The summed E-state index contributed by atoms with van der Waals surface area (Å²) in [6.45, 7) is 3.52. The summed E-state index contributed by atoms with van der Waals surface area (Å²) < 4.78 is 56.3. The summed E-state index contributed by atoms with van der Waals surface area (Å²) in [6, 6.07) is 1.55. The SMILES string of the molecule is CC1(C)COC(=O)N[C@H]1c1ccc(C(F)(F)F)cc1F.Cl. The minimum absolute atomic E-state index is 0. The Hall–Kier alpha value is -1.50. The minimum atomic E-state index is -4.60. The maximum absolute atomic E-state index is 13.9. The Morgan fingerprint density at radius 2 is 1.95 bits per heavy atom. The topological polar surface area (TPSA) is 38.3 Å². The number of alkyl carbamates (subject to hydrolysis) is 1. The molecule has 0 saturated carbocycles. The van der Waals surface area contributed by atoms with Crippen molar-refractivity contribution in [3.05, 3.63) is 35.1 Å². The van der Waals surface area contributed by atoms with Crippen molar-refractivity contribution in [1.29, 1.82) is 0 Å². The largest absolute Gasteiger partial charge is 0.449 e. The number of amides is 1. The third kappa shape index (κ3) is 3.58. The predicted molar refractivity (Wildman–Crippen MR) is 69.7 cm³/mol. The van der Waals surface area contributed by atoms with Crippen LogP contribution in [0.15, 0.2) is 18.2 Å². The number of alkyl halides is 3. The van der Waals surface area contributed by atoms with Gasteiger partial charge in [-0.05, 0) is 12.1 Å². The van der Waals surface area contributed by atoms with Gasteiger partial charge in [-0.1, -0.05) is 19.9 Å². The molecule has 0 bridgehead atoms. The molecule has 1 fully saturated rings. The highest BCUT2D eigenvalue weighted by Gasteiger charge is 2.40. The molecular formula is C13H14ClF4NO2. The second-order valence-corrected chi connectivity index (χ2v) is 5.38. The first-order chi connectivity index (χ1) is 9.11. The van der Waals surface area contributed by atoms with Gasteiger partial charge in [-0.2, -0.15) is 13.2 Å². The minimum Gasteiger partial charge on any atom is -0.449 e. The fraction of sp³-hybridized carbons (Fsp3) is 0.462. The molecule has 1 N–H and O–H groups in total. The van der Waals surface area contributed by atoms with Crippen LogP contribution >= 0.6 is 12.4 Å². The molecule has 0 unspecified atom stereocenters. The smallest absolute Gasteiger partial charge is 0.416 e. The number of rotatable bonds is 1. The summed E-state index contributed by atoms with van der Waals surface area (Å²) in [5.74, 6) is -1.000. The molecule has 118 valence electrons. The molecule has 1 heterocycles. The fourth-order valence-corrected chi connectivity index (χ4v) is 2.13. The van der Waals surface area contributed by atoms with Crippen LogP contribution in [-0.4, -0.2) is 12.7 Å². The molecule has 1 aliphatic rings. The van der Waals surface area contributed by atoms with E-state index in [1.54, 1.807) is 13.8 Å². The van der Waals surface area contributed by atoms with Gasteiger partial charge in [0.2, 0.25) is 0 Å². The van der Waals surface area contributed by atoms with Crippen LogP contribution in [-0.2, 0) is 10.9 Å². The average Bonchev–Trinajstić information content (AvgIpc) is 2.31. The molecule has 2 rings (SSSR count). The molecule has 3 nitrogen and oxygen atoms in total. The number of carbonyl (C=O) groups is 1. The quantitative estimate of drug-likeness (QED) is 0.789. The van der Waals surface area contributed by atoms with Crippen molar-refractivity contribution >= 4 is 18.5 Å². The van der Waals surface area contributed by atoms with E-state index in [2.05, 4.69) is 5.32 Å². The van der Waals surface area contributed by atoms with Gasteiger partial charge in [-0.15, -0.1) is 12.4 Å². The van der Waals surface area contributed by atoms with E-state index >= 15 is 0 Å². The van der Waals surface area contributed by atoms with Gasteiger partial charge in [0.25, 0.3) is 0 Å². The van der Waals surface area contributed by atoms with Crippen molar-refractivity contribution in [1.82, 2.24) is 5.32 Å². The van der Waals surface area contributed by atoms with Crippen LogP contribution in [0.1, 0.15) is 31.0 Å². The Morgan fingerprint density at radius 1 is 1.33 bits per heavy atom. The monoisotopic (exact) mass is 327 g/mol. The number of cyclic esters (lactones) is 1. The standard InChI is InChI=1S/C13H13F4NO2.ClH/c1-12(2)6-20-11(19)18-10(12)8-4-3-7(5-9(8)14)13(15,16)17;/h3-5,10H,6H2,1-2H3,(H,18,19);1H/t10-;/m0./s1. The van der Waals surface area contributed by atoms with Crippen LogP contribution in [0, 0.1) is 11.2 Å². The first kappa shape index (κ1) is 17.6. The number of carbonyl (C=O) groups excluding carboxylic acids is 1. The third-order valence-corrected chi connectivity index (χ3v) is 3.26. The molecule has 8 heteroatoms. The van der Waals surface area contributed by atoms with Crippen LogP contribution in [0.3, 0.4) is 0 Å². The van der Waals surface area contributed by atoms with Gasteiger partial charge in [0.05, 0.1) is 11.6 Å². The van der Waals surface area contributed by atoms with Gasteiger partial charge in [0.1, 0.15) is 12.4 Å². The number of halogens is 5. The third-order valence-electron chi connectivity index (χ3n) is 3.26. The van der Waals surface area contributed by atoms with Crippen LogP contribution in [0.4, 0.5) is 22.4 Å². The number of benzene rings is 1. The Labute approximate surface area is 125 Å². The zero-order valence-electron chi connectivity index (χ0n) is 11.3. The molecule has 1 atom stereocenters. The molecule has 1 amide bonds. The van der Waals surface area contributed by atoms with Gasteiger partial charge in [-0.25, -0.2) is 9.18 Å². The molecule has 0 aromatic heterocycles. The summed E-state index contributed by atoms with van der Waals surface area (Å²) in [7, 11) is 0. The van der Waals surface area contributed by atoms with E-state index in [-0.39, 0.29) is 24.6 Å². The molecule has 21 heavy (non-hydrogen) atoms. The summed E-state index contributed by atoms with van der Waals surface area (Å²) in [5, 5.41) is 2.44. The Morgan fingerprint density at radius 3 is 2.48 bits per heavy atom. The molecule has 0 spiro atoms. The summed E-state index contributed by atoms with van der Waals surface area (Å²) >= 11 is 0. The second kappa shape index (κ2) is 5.71. The zero-order chi connectivity index (χ0) is 15.1. The Balaban J connectivity index is 0.00000220. The highest BCUT2D eigenvalue weighted by atomic mass is 35.5. The van der Waals surface area contributed by atoms with Gasteiger partial charge >= 0.3 is 12.3 Å². The maximum atomic E-state index is 13.9. The van der Waals surface area contributed by atoms with Crippen LogP contribution in [0.2, 0.25) is 0 Å². The molecule has 1 aromatic rings. The number of nitrogens with one attached hydrogen (secondary N) is 1. The average molecular weight is 328 g/mol. The van der Waals surface area contributed by atoms with Crippen molar-refractivity contribution in [3.63, 3.8) is 0 Å². The molecule has 0 aliphatic carbocycles. The van der Waals surface area contributed by atoms with E-state index in [1.807, 2.05) is 0 Å². The molecule has 0 radical (unpaired) electrons. The molecule has 1 aromatic carbocycles. The highest BCUT2D eigenvalue weighted by Crippen LogP contribution is 2.39. The normalized spacial score (nSPS) is 21.0. The van der Waals surface area contributed by atoms with Gasteiger partial charge in [0, 0.05) is 11.0 Å². The summed E-state index contributed by atoms with van der Waals surface area (Å²) in [4.78, 5) is 11.2. The van der Waals surface area contributed by atoms with Gasteiger partial charge < -0.3 is 10.1 Å². The number of hydrogen-bond donors (Lipinski definition) is 1. The second-order valence-electron chi connectivity index (χ2n) is 5.38. The van der Waals surface area contributed by atoms with Gasteiger partial charge in [0.15, 0.2) is 0 Å². The van der Waals surface area contributed by atoms with Crippen LogP contribution in [0.25, 0.3) is 0 Å². The molecular weight excluding hydrogens is 314 g/mol. The van der Waals surface area contributed by atoms with E-state index in [9.17, 15) is 22.4 Å². The summed E-state index contributed by atoms with van der Waals surface area (Å²) in [6.07, 6.45) is -5.32. The van der Waals surface area contributed by atoms with E-state index < -0.39 is 35.1 Å². The van der Waals surface area contributed by atoms with Crippen molar-refractivity contribution < 1.29 is 27.1 Å². The summed E-state index contributed by atoms with van der Waals surface area (Å²) in [5.41, 5.74) is -1.68. The van der Waals surface area contributed by atoms with Crippen molar-refractivity contribution in [2.24, 2.45) is 5.41 Å². The van der Waals surface area contributed by atoms with E-state index in [0.29, 0.717) is 6.07 Å². The lowest BCUT2D eigenvalue weighted by Gasteiger charge is -2.38. The first-order valence-electron chi connectivity index (χ1n) is 5.91. The fourth-order valence-electron chi connectivity index (χ4n) is 2.13. The Kier molecular flexibility index (Phi) is 4.77. The maximum Gasteiger partial charge on any atom is 0.416 e. The molecule has 1 saturated heterocycles. The predicted octanol–water partition coefficient (Wildman–Crippen LogP) is 4.07. The number of ether oxygens (including phenoxy) is 1. The van der Waals surface area contributed by atoms with Gasteiger partial charge in [-0.3, -0.25) is 0 Å². The molecule has 1 aliphatic heterocycles. The van der Waals surface area contributed by atoms with E-state index in [4.69, 9.17) is 4.74 Å². The van der Waals surface area contributed by atoms with E-state index in [0.717, 1.165) is 12.1 Å². The van der Waals surface area contributed by atoms with E-state index in [1.165, 1.54) is 0 Å². The highest BCUT2D eigenvalue weighted by molar-refractivity contribution is 5.85. The lowest BCUT2D eigenvalue weighted by molar-refractivity contribution is -0.137. The zero-order valence-corrected chi connectivity index (χ0v) is 12.1. The van der Waals surface area contributed by atoms with Crippen molar-refractivity contribution in [2.45, 2.75) is 26.1 Å². The lowest BCUT2D eigenvalue weighted by atomic mass is 9.80.